The average molecular weight is 384 g/mol. The van der Waals surface area contributed by atoms with Crippen LogP contribution in [-0.4, -0.2) is 38.3 Å². The molecule has 2 amide bonds. The van der Waals surface area contributed by atoms with Crippen molar-refractivity contribution in [1.82, 2.24) is 15.6 Å². The van der Waals surface area contributed by atoms with Gasteiger partial charge in [0.15, 0.2) is 0 Å². The topological polar surface area (TPSA) is 75.7 Å². The van der Waals surface area contributed by atoms with Crippen LogP contribution in [0.3, 0.4) is 0 Å². The molecule has 0 bridgehead atoms. The molecule has 7 nitrogen and oxygen atoms in total. The third-order valence-corrected chi connectivity index (χ3v) is 4.94. The van der Waals surface area contributed by atoms with E-state index in [9.17, 15) is 4.79 Å². The van der Waals surface area contributed by atoms with Gasteiger partial charge >= 0.3 is 6.03 Å². The molecule has 2 N–H and O–H groups in total. The van der Waals surface area contributed by atoms with Crippen molar-refractivity contribution < 1.29 is 14.3 Å². The molecule has 1 aliphatic heterocycles. The van der Waals surface area contributed by atoms with E-state index in [4.69, 9.17) is 9.47 Å². The Morgan fingerprint density at radius 2 is 1.96 bits per heavy atom. The molecule has 2 aromatic rings. The maximum Gasteiger partial charge on any atom is 0.315 e. The zero-order valence-corrected chi connectivity index (χ0v) is 16.7. The second kappa shape index (κ2) is 9.30. The monoisotopic (exact) mass is 384 g/mol. The van der Waals surface area contributed by atoms with Crippen LogP contribution < -0.4 is 25.0 Å². The highest BCUT2D eigenvalue weighted by atomic mass is 16.5. The predicted molar refractivity (Wildman–Crippen MR) is 109 cm³/mol. The lowest BCUT2D eigenvalue weighted by Crippen LogP contribution is -2.36. The van der Waals surface area contributed by atoms with Gasteiger partial charge < -0.3 is 25.0 Å². The van der Waals surface area contributed by atoms with E-state index in [-0.39, 0.29) is 12.1 Å². The van der Waals surface area contributed by atoms with Crippen LogP contribution in [0.5, 0.6) is 11.5 Å². The minimum atomic E-state index is -0.239. The number of amides is 2. The van der Waals surface area contributed by atoms with Gasteiger partial charge in [0.05, 0.1) is 20.3 Å². The second-order valence-corrected chi connectivity index (χ2v) is 6.87. The molecule has 3 rings (SSSR count). The van der Waals surface area contributed by atoms with Gasteiger partial charge in [0.2, 0.25) is 0 Å². The number of urea groups is 1. The fraction of sp³-hybridized carbons (Fsp3) is 0.429. The molecule has 28 heavy (non-hydrogen) atoms. The van der Waals surface area contributed by atoms with Crippen LogP contribution in [0.15, 0.2) is 36.5 Å². The van der Waals surface area contributed by atoms with Gasteiger partial charge in [0, 0.05) is 31.4 Å². The summed E-state index contributed by atoms with van der Waals surface area (Å²) in [6.07, 6.45) is 4.21. The van der Waals surface area contributed by atoms with Gasteiger partial charge in [-0.3, -0.25) is 0 Å². The van der Waals surface area contributed by atoms with Crippen molar-refractivity contribution >= 4 is 11.8 Å². The summed E-state index contributed by atoms with van der Waals surface area (Å²) < 4.78 is 10.7. The fourth-order valence-corrected chi connectivity index (χ4v) is 3.38. The molecule has 7 heteroatoms. The summed E-state index contributed by atoms with van der Waals surface area (Å²) in [6, 6.07) is 9.03. The van der Waals surface area contributed by atoms with Gasteiger partial charge in [0.1, 0.15) is 17.3 Å². The van der Waals surface area contributed by atoms with E-state index in [1.165, 1.54) is 12.8 Å². The normalized spacial score (nSPS) is 14.5. The Hall–Kier alpha value is -2.96. The van der Waals surface area contributed by atoms with Crippen molar-refractivity contribution in [1.29, 1.82) is 0 Å². The van der Waals surface area contributed by atoms with Crippen LogP contribution in [0.25, 0.3) is 0 Å². The Kier molecular flexibility index (Phi) is 6.57. The van der Waals surface area contributed by atoms with Crippen molar-refractivity contribution in [2.24, 2.45) is 0 Å². The van der Waals surface area contributed by atoms with Crippen molar-refractivity contribution in [3.05, 3.63) is 47.7 Å². The zero-order chi connectivity index (χ0) is 19.9. The van der Waals surface area contributed by atoms with Crippen LogP contribution in [-0.2, 0) is 6.54 Å². The maximum absolute atomic E-state index is 12.4. The lowest BCUT2D eigenvalue weighted by atomic mass is 10.1. The van der Waals surface area contributed by atoms with Crippen LogP contribution in [0.1, 0.15) is 36.9 Å². The van der Waals surface area contributed by atoms with Gasteiger partial charge in [-0.05, 0) is 55.7 Å². The third-order valence-electron chi connectivity index (χ3n) is 4.94. The fourth-order valence-electron chi connectivity index (χ4n) is 3.38. The smallest absolute Gasteiger partial charge is 0.315 e. The van der Waals surface area contributed by atoms with Gasteiger partial charge in [0.25, 0.3) is 0 Å². The highest BCUT2D eigenvalue weighted by Crippen LogP contribution is 2.29. The lowest BCUT2D eigenvalue weighted by molar-refractivity contribution is 0.237. The summed E-state index contributed by atoms with van der Waals surface area (Å²) in [5, 5.41) is 5.87. The summed E-state index contributed by atoms with van der Waals surface area (Å²) >= 11 is 0. The van der Waals surface area contributed by atoms with Gasteiger partial charge in [-0.15, -0.1) is 0 Å². The van der Waals surface area contributed by atoms with Crippen LogP contribution in [0.2, 0.25) is 0 Å². The Labute approximate surface area is 166 Å². The van der Waals surface area contributed by atoms with Gasteiger partial charge in [-0.2, -0.15) is 0 Å². The Morgan fingerprint density at radius 3 is 2.68 bits per heavy atom. The first-order valence-corrected chi connectivity index (χ1v) is 9.57. The van der Waals surface area contributed by atoms with E-state index in [1.54, 1.807) is 20.4 Å². The molecule has 2 heterocycles. The molecule has 1 saturated heterocycles. The summed E-state index contributed by atoms with van der Waals surface area (Å²) in [5.41, 5.74) is 1.89. The number of nitrogens with zero attached hydrogens (tertiary/aromatic N) is 2. The Balaban J connectivity index is 1.58. The van der Waals surface area contributed by atoms with E-state index in [0.717, 1.165) is 35.8 Å². The van der Waals surface area contributed by atoms with Crippen molar-refractivity contribution in [3.63, 3.8) is 0 Å². The quantitative estimate of drug-likeness (QED) is 0.766. The van der Waals surface area contributed by atoms with Crippen LogP contribution in [0, 0.1) is 0 Å². The zero-order valence-electron chi connectivity index (χ0n) is 16.7. The molecule has 0 radical (unpaired) electrons. The van der Waals surface area contributed by atoms with E-state index >= 15 is 0 Å². The average Bonchev–Trinajstić information content (AvgIpc) is 3.27. The minimum absolute atomic E-state index is 0.234. The van der Waals surface area contributed by atoms with E-state index in [0.29, 0.717) is 12.3 Å². The standard InChI is InChI=1S/C21H28N4O3/c1-15(18-13-17(27-2)6-7-19(18)28-3)24-21(26)23-14-16-8-9-22-20(12-16)25-10-4-5-11-25/h6-9,12-13,15H,4-5,10-11,14H2,1-3H3,(H2,23,24,26)/t15-/m1/s1. The molecule has 1 aromatic heterocycles. The SMILES string of the molecule is COc1ccc(OC)c([C@@H](C)NC(=O)NCc2ccnc(N3CCCC3)c2)c1. The molecule has 0 aliphatic carbocycles. The number of carbonyl (C=O) groups excluding carboxylic acids is 1. The molecule has 150 valence electrons. The molecule has 1 atom stereocenters. The molecule has 0 unspecified atom stereocenters. The third kappa shape index (κ3) is 4.85. The van der Waals surface area contributed by atoms with Crippen molar-refractivity contribution in [2.75, 3.05) is 32.2 Å². The molecule has 1 aliphatic rings. The summed E-state index contributed by atoms with van der Waals surface area (Å²) in [7, 11) is 3.22. The number of pyridine rings is 1. The van der Waals surface area contributed by atoms with E-state index in [1.807, 2.05) is 37.3 Å². The number of aromatic nitrogens is 1. The van der Waals surface area contributed by atoms with Crippen molar-refractivity contribution in [2.45, 2.75) is 32.4 Å². The van der Waals surface area contributed by atoms with Crippen LogP contribution in [0.4, 0.5) is 10.6 Å². The van der Waals surface area contributed by atoms with Crippen molar-refractivity contribution in [3.8, 4) is 11.5 Å². The van der Waals surface area contributed by atoms with E-state index < -0.39 is 0 Å². The number of benzene rings is 1. The minimum Gasteiger partial charge on any atom is -0.497 e. The number of nitrogens with one attached hydrogen (secondary N) is 2. The predicted octanol–water partition coefficient (Wildman–Crippen LogP) is 3.26. The summed E-state index contributed by atoms with van der Waals surface area (Å²) in [5.74, 6) is 2.40. The number of carbonyl (C=O) groups is 1. The molecule has 0 spiro atoms. The van der Waals surface area contributed by atoms with Crippen LogP contribution >= 0.6 is 0 Å². The Morgan fingerprint density at radius 1 is 1.18 bits per heavy atom. The number of methoxy groups -OCH3 is 2. The number of anilines is 1. The number of rotatable bonds is 7. The largest absolute Gasteiger partial charge is 0.497 e. The highest BCUT2D eigenvalue weighted by molar-refractivity contribution is 5.74. The number of hydrogen-bond donors (Lipinski definition) is 2. The number of ether oxygens (including phenoxy) is 2. The second-order valence-electron chi connectivity index (χ2n) is 6.87. The summed E-state index contributed by atoms with van der Waals surface area (Å²) in [6.45, 7) is 4.44. The first-order chi connectivity index (χ1) is 13.6. The molecule has 1 aromatic carbocycles. The van der Waals surface area contributed by atoms with E-state index in [2.05, 4.69) is 20.5 Å². The first-order valence-electron chi connectivity index (χ1n) is 9.57. The lowest BCUT2D eigenvalue weighted by Gasteiger charge is -2.19. The first kappa shape index (κ1) is 19.8. The van der Waals surface area contributed by atoms with Gasteiger partial charge in [-0.25, -0.2) is 9.78 Å². The van der Waals surface area contributed by atoms with Gasteiger partial charge in [-0.1, -0.05) is 0 Å². The Bertz CT molecular complexity index is 806. The molecular formula is C21H28N4O3. The number of hydrogen-bond acceptors (Lipinski definition) is 5. The molecular weight excluding hydrogens is 356 g/mol. The summed E-state index contributed by atoms with van der Waals surface area (Å²) in [4.78, 5) is 19.1. The molecule has 0 saturated carbocycles. The molecule has 1 fully saturated rings. The maximum atomic E-state index is 12.4. The highest BCUT2D eigenvalue weighted by Gasteiger charge is 2.16.